The number of methoxy groups -OCH3 is 1. The predicted octanol–water partition coefficient (Wildman–Crippen LogP) is 0.512. The fourth-order valence-corrected chi connectivity index (χ4v) is 4.55. The van der Waals surface area contributed by atoms with E-state index in [4.69, 9.17) is 5.73 Å². The van der Waals surface area contributed by atoms with Gasteiger partial charge in [0.15, 0.2) is 0 Å². The zero-order valence-electron chi connectivity index (χ0n) is 15.2. The molecule has 1 aliphatic heterocycles. The van der Waals surface area contributed by atoms with E-state index in [2.05, 4.69) is 10.1 Å². The van der Waals surface area contributed by atoms with Crippen molar-refractivity contribution in [3.8, 4) is 0 Å². The number of esters is 1. The number of benzene rings is 1. The third-order valence-corrected chi connectivity index (χ3v) is 6.11. The van der Waals surface area contributed by atoms with E-state index >= 15 is 0 Å². The van der Waals surface area contributed by atoms with E-state index in [1.54, 1.807) is 18.2 Å². The van der Waals surface area contributed by atoms with Gasteiger partial charge in [0.2, 0.25) is 15.9 Å². The molecule has 152 valence electrons. The van der Waals surface area contributed by atoms with Gasteiger partial charge in [-0.25, -0.2) is 17.5 Å². The predicted molar refractivity (Wildman–Crippen MR) is 104 cm³/mol. The molecule has 0 radical (unpaired) electrons. The summed E-state index contributed by atoms with van der Waals surface area (Å²) in [6, 6.07) is 6.36. The molecule has 10 heteroatoms. The number of ether oxygens (including phenoxy) is 1. The highest BCUT2D eigenvalue weighted by Crippen LogP contribution is 2.22. The molecule has 2 rings (SSSR count). The molecule has 1 saturated heterocycles. The second-order valence-electron chi connectivity index (χ2n) is 6.23. The lowest BCUT2D eigenvalue weighted by Gasteiger charge is -2.31. The number of sulfonamides is 1. The Balaban J connectivity index is 0.00000364. The average molecular weight is 420 g/mol. The van der Waals surface area contributed by atoms with Crippen LogP contribution in [0.1, 0.15) is 28.8 Å². The van der Waals surface area contributed by atoms with E-state index in [0.29, 0.717) is 43.6 Å². The maximum atomic E-state index is 12.7. The number of carbonyl (C=O) groups excluding carboxylic acids is 2. The van der Waals surface area contributed by atoms with Crippen LogP contribution in [0.25, 0.3) is 0 Å². The van der Waals surface area contributed by atoms with Crippen LogP contribution in [0, 0.1) is 5.92 Å². The summed E-state index contributed by atoms with van der Waals surface area (Å²) in [6.45, 7) is 1.27. The van der Waals surface area contributed by atoms with Gasteiger partial charge in [0, 0.05) is 26.2 Å². The molecule has 0 aromatic heterocycles. The number of nitrogens with two attached hydrogens (primary N) is 1. The number of rotatable bonds is 7. The largest absolute Gasteiger partial charge is 0.465 e. The van der Waals surface area contributed by atoms with Crippen molar-refractivity contribution in [1.82, 2.24) is 9.62 Å². The molecule has 0 aliphatic carbocycles. The smallest absolute Gasteiger partial charge is 0.337 e. The van der Waals surface area contributed by atoms with Crippen LogP contribution in [0.2, 0.25) is 0 Å². The topological polar surface area (TPSA) is 119 Å². The Kier molecular flexibility index (Phi) is 9.17. The normalized spacial score (nSPS) is 17.6. The Morgan fingerprint density at radius 1 is 1.37 bits per heavy atom. The third kappa shape index (κ3) is 6.46. The summed E-state index contributed by atoms with van der Waals surface area (Å²) in [5.74, 6) is -1.28. The highest BCUT2D eigenvalue weighted by atomic mass is 35.5. The third-order valence-electron chi connectivity index (χ3n) is 4.29. The zero-order valence-corrected chi connectivity index (χ0v) is 16.9. The lowest BCUT2D eigenvalue weighted by molar-refractivity contribution is -0.126. The summed E-state index contributed by atoms with van der Waals surface area (Å²) in [7, 11) is -2.32. The monoisotopic (exact) mass is 419 g/mol. The molecule has 1 unspecified atom stereocenters. The van der Waals surface area contributed by atoms with Gasteiger partial charge in [-0.2, -0.15) is 0 Å². The number of hydrogen-bond donors (Lipinski definition) is 2. The number of nitrogens with zero attached hydrogens (tertiary/aromatic N) is 1. The van der Waals surface area contributed by atoms with Crippen LogP contribution in [0.4, 0.5) is 0 Å². The molecular weight excluding hydrogens is 394 g/mol. The van der Waals surface area contributed by atoms with Crippen LogP contribution in [0.3, 0.4) is 0 Å². The molecule has 1 heterocycles. The first-order valence-corrected chi connectivity index (χ1v) is 10.1. The number of halogens is 1. The van der Waals surface area contributed by atoms with Gasteiger partial charge < -0.3 is 15.8 Å². The van der Waals surface area contributed by atoms with Crippen LogP contribution >= 0.6 is 12.4 Å². The van der Waals surface area contributed by atoms with Crippen molar-refractivity contribution in [2.45, 2.75) is 18.6 Å². The number of amides is 1. The quantitative estimate of drug-likeness (QED) is 0.621. The van der Waals surface area contributed by atoms with E-state index < -0.39 is 16.0 Å². The summed E-state index contributed by atoms with van der Waals surface area (Å²) in [5, 5.41) is 2.71. The fourth-order valence-electron chi connectivity index (χ4n) is 2.96. The molecule has 0 bridgehead atoms. The van der Waals surface area contributed by atoms with Crippen molar-refractivity contribution in [2.24, 2.45) is 11.7 Å². The van der Waals surface area contributed by atoms with Gasteiger partial charge in [-0.3, -0.25) is 4.79 Å². The zero-order chi connectivity index (χ0) is 19.2. The summed E-state index contributed by atoms with van der Waals surface area (Å²) in [6.07, 6.45) is 1.28. The minimum Gasteiger partial charge on any atom is -0.465 e. The number of hydrogen-bond acceptors (Lipinski definition) is 6. The van der Waals surface area contributed by atoms with Gasteiger partial charge in [-0.1, -0.05) is 12.1 Å². The SMILES string of the molecule is COC(=O)c1cccc(CS(=O)(=O)N2CCCC(C(=O)NCCN)C2)c1.Cl. The minimum atomic E-state index is -3.60. The molecule has 8 nitrogen and oxygen atoms in total. The van der Waals surface area contributed by atoms with Crippen molar-refractivity contribution < 1.29 is 22.7 Å². The van der Waals surface area contributed by atoms with Crippen molar-refractivity contribution in [1.29, 1.82) is 0 Å². The number of nitrogens with one attached hydrogen (secondary N) is 1. The number of piperidine rings is 1. The highest BCUT2D eigenvalue weighted by molar-refractivity contribution is 7.88. The summed E-state index contributed by atoms with van der Waals surface area (Å²) < 4.78 is 31.5. The second-order valence-corrected chi connectivity index (χ2v) is 8.19. The molecular formula is C17H26ClN3O5S. The Labute approximate surface area is 165 Å². The van der Waals surface area contributed by atoms with Crippen LogP contribution < -0.4 is 11.1 Å². The Morgan fingerprint density at radius 2 is 2.11 bits per heavy atom. The molecule has 1 amide bonds. The van der Waals surface area contributed by atoms with Crippen LogP contribution in [0.15, 0.2) is 24.3 Å². The molecule has 27 heavy (non-hydrogen) atoms. The molecule has 1 aromatic carbocycles. The van der Waals surface area contributed by atoms with Gasteiger partial charge in [0.1, 0.15) is 0 Å². The molecule has 1 aromatic rings. The van der Waals surface area contributed by atoms with Crippen LogP contribution in [-0.4, -0.2) is 57.9 Å². The first kappa shape index (κ1) is 23.4. The summed E-state index contributed by atoms with van der Waals surface area (Å²) in [4.78, 5) is 23.7. The van der Waals surface area contributed by atoms with E-state index in [1.807, 2.05) is 0 Å². The van der Waals surface area contributed by atoms with E-state index in [-0.39, 0.29) is 36.5 Å². The number of carbonyl (C=O) groups is 2. The lowest BCUT2D eigenvalue weighted by atomic mass is 9.99. The van der Waals surface area contributed by atoms with Gasteiger partial charge in [-0.05, 0) is 30.5 Å². The van der Waals surface area contributed by atoms with Gasteiger partial charge >= 0.3 is 5.97 Å². The molecule has 3 N–H and O–H groups in total. The van der Waals surface area contributed by atoms with Crippen molar-refractivity contribution in [3.63, 3.8) is 0 Å². The molecule has 0 saturated carbocycles. The highest BCUT2D eigenvalue weighted by Gasteiger charge is 2.32. The Bertz CT molecular complexity index is 757. The fraction of sp³-hybridized carbons (Fsp3) is 0.529. The van der Waals surface area contributed by atoms with E-state index in [9.17, 15) is 18.0 Å². The maximum Gasteiger partial charge on any atom is 0.337 e. The standard InChI is InChI=1S/C17H25N3O5S.ClH/c1-25-17(22)14-5-2-4-13(10-14)12-26(23,24)20-9-3-6-15(11-20)16(21)19-8-7-18;/h2,4-5,10,15H,3,6-9,11-12,18H2,1H3,(H,19,21);1H. The maximum absolute atomic E-state index is 12.7. The average Bonchev–Trinajstić information content (AvgIpc) is 2.65. The molecule has 1 fully saturated rings. The Hall–Kier alpha value is -1.68. The second kappa shape index (κ2) is 10.6. The minimum absolute atomic E-state index is 0. The summed E-state index contributed by atoms with van der Waals surface area (Å²) in [5.41, 5.74) is 6.18. The van der Waals surface area contributed by atoms with Crippen molar-refractivity contribution in [3.05, 3.63) is 35.4 Å². The van der Waals surface area contributed by atoms with Gasteiger partial charge in [-0.15, -0.1) is 12.4 Å². The van der Waals surface area contributed by atoms with Crippen LogP contribution in [-0.2, 0) is 25.3 Å². The van der Waals surface area contributed by atoms with E-state index in [0.717, 1.165) is 0 Å². The molecule has 1 aliphatic rings. The molecule has 1 atom stereocenters. The van der Waals surface area contributed by atoms with Gasteiger partial charge in [0.05, 0.1) is 24.3 Å². The molecule has 0 spiro atoms. The first-order chi connectivity index (χ1) is 12.4. The van der Waals surface area contributed by atoms with Gasteiger partial charge in [0.25, 0.3) is 0 Å². The lowest BCUT2D eigenvalue weighted by Crippen LogP contribution is -2.46. The van der Waals surface area contributed by atoms with Crippen molar-refractivity contribution >= 4 is 34.3 Å². The van der Waals surface area contributed by atoms with Crippen molar-refractivity contribution in [2.75, 3.05) is 33.3 Å². The Morgan fingerprint density at radius 3 is 2.78 bits per heavy atom. The summed E-state index contributed by atoms with van der Waals surface area (Å²) >= 11 is 0. The van der Waals surface area contributed by atoms with Crippen LogP contribution in [0.5, 0.6) is 0 Å². The van der Waals surface area contributed by atoms with E-state index in [1.165, 1.54) is 17.5 Å². The first-order valence-electron chi connectivity index (χ1n) is 8.50.